The number of hydrogen-bond acceptors (Lipinski definition) is 5. The van der Waals surface area contributed by atoms with Gasteiger partial charge in [-0.15, -0.1) is 0 Å². The maximum absolute atomic E-state index is 11.9. The first kappa shape index (κ1) is 16.3. The number of anilines is 2. The first-order valence-electron chi connectivity index (χ1n) is 8.21. The maximum Gasteiger partial charge on any atom is 0.228 e. The fourth-order valence-corrected chi connectivity index (χ4v) is 2.55. The molecule has 1 aliphatic heterocycles. The number of ether oxygens (including phenoxy) is 1. The van der Waals surface area contributed by atoms with Crippen LogP contribution in [0.25, 0.3) is 0 Å². The fourth-order valence-electron chi connectivity index (χ4n) is 2.55. The predicted octanol–water partition coefficient (Wildman–Crippen LogP) is 1.90. The molecular weight excluding hydrogens is 304 g/mol. The van der Waals surface area contributed by atoms with Crippen molar-refractivity contribution in [3.05, 3.63) is 48.7 Å². The van der Waals surface area contributed by atoms with Crippen LogP contribution in [0.4, 0.5) is 11.5 Å². The van der Waals surface area contributed by atoms with Gasteiger partial charge in [0.05, 0.1) is 24.9 Å². The van der Waals surface area contributed by atoms with E-state index in [1.807, 2.05) is 42.5 Å². The Morgan fingerprint density at radius 1 is 1.17 bits per heavy atom. The van der Waals surface area contributed by atoms with Crippen molar-refractivity contribution in [2.45, 2.75) is 6.42 Å². The standard InChI is InChI=1S/C18H22N4O2/c23-18(8-13-24-16-4-2-1-3-5-16)21-17-7-6-15(14-20-17)22-11-9-19-10-12-22/h1-7,14,19H,8-13H2,(H,20,21,23). The van der Waals surface area contributed by atoms with E-state index < -0.39 is 0 Å². The van der Waals surface area contributed by atoms with Gasteiger partial charge in [-0.25, -0.2) is 4.98 Å². The molecule has 2 N–H and O–H groups in total. The molecule has 0 saturated carbocycles. The molecule has 1 saturated heterocycles. The van der Waals surface area contributed by atoms with Crippen LogP contribution in [0.3, 0.4) is 0 Å². The Balaban J connectivity index is 1.44. The van der Waals surface area contributed by atoms with Gasteiger partial charge in [0.25, 0.3) is 0 Å². The van der Waals surface area contributed by atoms with Crippen molar-refractivity contribution in [2.24, 2.45) is 0 Å². The van der Waals surface area contributed by atoms with Gasteiger partial charge in [0, 0.05) is 26.2 Å². The van der Waals surface area contributed by atoms with Gasteiger partial charge < -0.3 is 20.3 Å². The Labute approximate surface area is 141 Å². The molecule has 1 amide bonds. The second kappa shape index (κ2) is 8.31. The van der Waals surface area contributed by atoms with E-state index >= 15 is 0 Å². The van der Waals surface area contributed by atoms with Crippen molar-refractivity contribution in [3.63, 3.8) is 0 Å². The summed E-state index contributed by atoms with van der Waals surface area (Å²) in [4.78, 5) is 18.5. The summed E-state index contributed by atoms with van der Waals surface area (Å²) >= 11 is 0. The molecule has 0 bridgehead atoms. The quantitative estimate of drug-likeness (QED) is 0.849. The fraction of sp³-hybridized carbons (Fsp3) is 0.333. The number of rotatable bonds is 6. The molecule has 1 aliphatic rings. The molecule has 24 heavy (non-hydrogen) atoms. The summed E-state index contributed by atoms with van der Waals surface area (Å²) in [5, 5.41) is 6.12. The number of carbonyl (C=O) groups is 1. The molecule has 0 unspecified atom stereocenters. The van der Waals surface area contributed by atoms with E-state index in [1.165, 1.54) is 0 Å². The second-order valence-electron chi connectivity index (χ2n) is 5.60. The lowest BCUT2D eigenvalue weighted by Crippen LogP contribution is -2.43. The minimum Gasteiger partial charge on any atom is -0.493 e. The lowest BCUT2D eigenvalue weighted by molar-refractivity contribution is -0.116. The highest BCUT2D eigenvalue weighted by Gasteiger charge is 2.11. The summed E-state index contributed by atoms with van der Waals surface area (Å²) in [5.74, 6) is 1.23. The molecule has 6 heteroatoms. The average Bonchev–Trinajstić information content (AvgIpc) is 2.64. The number of amides is 1. The first-order chi connectivity index (χ1) is 11.8. The predicted molar refractivity (Wildman–Crippen MR) is 94.5 cm³/mol. The van der Waals surface area contributed by atoms with Crippen molar-refractivity contribution in [2.75, 3.05) is 43.0 Å². The summed E-state index contributed by atoms with van der Waals surface area (Å²) in [6.07, 6.45) is 2.09. The van der Waals surface area contributed by atoms with Crippen LogP contribution >= 0.6 is 0 Å². The third kappa shape index (κ3) is 4.70. The zero-order valence-electron chi connectivity index (χ0n) is 13.6. The average molecular weight is 326 g/mol. The van der Waals surface area contributed by atoms with Crippen molar-refractivity contribution in [3.8, 4) is 5.75 Å². The van der Waals surface area contributed by atoms with E-state index in [4.69, 9.17) is 4.74 Å². The summed E-state index contributed by atoms with van der Waals surface area (Å²) in [5.41, 5.74) is 1.09. The maximum atomic E-state index is 11.9. The summed E-state index contributed by atoms with van der Waals surface area (Å²) in [6, 6.07) is 13.3. The van der Waals surface area contributed by atoms with E-state index in [0.717, 1.165) is 37.6 Å². The number of para-hydroxylation sites is 1. The van der Waals surface area contributed by atoms with Crippen LogP contribution in [0.5, 0.6) is 5.75 Å². The van der Waals surface area contributed by atoms with Crippen LogP contribution in [-0.4, -0.2) is 43.7 Å². The molecular formula is C18H22N4O2. The Morgan fingerprint density at radius 3 is 2.67 bits per heavy atom. The molecule has 1 aromatic heterocycles. The monoisotopic (exact) mass is 326 g/mol. The zero-order chi connectivity index (χ0) is 16.6. The van der Waals surface area contributed by atoms with Crippen molar-refractivity contribution >= 4 is 17.4 Å². The van der Waals surface area contributed by atoms with Crippen LogP contribution in [0.15, 0.2) is 48.7 Å². The minimum atomic E-state index is -0.103. The number of aromatic nitrogens is 1. The van der Waals surface area contributed by atoms with Gasteiger partial charge in [-0.3, -0.25) is 4.79 Å². The highest BCUT2D eigenvalue weighted by molar-refractivity contribution is 5.89. The van der Waals surface area contributed by atoms with Crippen molar-refractivity contribution in [1.82, 2.24) is 10.3 Å². The summed E-state index contributed by atoms with van der Waals surface area (Å²) < 4.78 is 5.52. The van der Waals surface area contributed by atoms with E-state index in [2.05, 4.69) is 20.5 Å². The largest absolute Gasteiger partial charge is 0.493 e. The molecule has 0 atom stereocenters. The van der Waals surface area contributed by atoms with Gasteiger partial charge in [-0.05, 0) is 24.3 Å². The minimum absolute atomic E-state index is 0.103. The van der Waals surface area contributed by atoms with E-state index in [9.17, 15) is 4.79 Å². The van der Waals surface area contributed by atoms with Crippen LogP contribution in [-0.2, 0) is 4.79 Å². The molecule has 0 aliphatic carbocycles. The van der Waals surface area contributed by atoms with E-state index in [1.54, 1.807) is 6.20 Å². The van der Waals surface area contributed by atoms with Gasteiger partial charge in [0.1, 0.15) is 11.6 Å². The number of benzene rings is 1. The third-order valence-corrected chi connectivity index (χ3v) is 3.84. The molecule has 0 spiro atoms. The van der Waals surface area contributed by atoms with Gasteiger partial charge >= 0.3 is 0 Å². The lowest BCUT2D eigenvalue weighted by atomic mass is 10.3. The smallest absolute Gasteiger partial charge is 0.228 e. The highest BCUT2D eigenvalue weighted by atomic mass is 16.5. The lowest BCUT2D eigenvalue weighted by Gasteiger charge is -2.29. The number of pyridine rings is 1. The van der Waals surface area contributed by atoms with Crippen LogP contribution in [0.2, 0.25) is 0 Å². The molecule has 3 rings (SSSR count). The van der Waals surface area contributed by atoms with Crippen molar-refractivity contribution in [1.29, 1.82) is 0 Å². The topological polar surface area (TPSA) is 66.5 Å². The summed E-state index contributed by atoms with van der Waals surface area (Å²) in [7, 11) is 0. The molecule has 1 fully saturated rings. The van der Waals surface area contributed by atoms with Crippen molar-refractivity contribution < 1.29 is 9.53 Å². The number of hydrogen-bond donors (Lipinski definition) is 2. The highest BCUT2D eigenvalue weighted by Crippen LogP contribution is 2.15. The molecule has 0 radical (unpaired) electrons. The molecule has 126 valence electrons. The van der Waals surface area contributed by atoms with Gasteiger partial charge in [-0.2, -0.15) is 0 Å². The molecule has 1 aromatic carbocycles. The van der Waals surface area contributed by atoms with Crippen LogP contribution in [0, 0.1) is 0 Å². The zero-order valence-corrected chi connectivity index (χ0v) is 13.6. The van der Waals surface area contributed by atoms with Gasteiger partial charge in [0.15, 0.2) is 0 Å². The molecule has 2 aromatic rings. The Morgan fingerprint density at radius 2 is 1.96 bits per heavy atom. The Bertz CT molecular complexity index is 640. The number of piperazine rings is 1. The van der Waals surface area contributed by atoms with Gasteiger partial charge in [0.2, 0.25) is 5.91 Å². The Hall–Kier alpha value is -2.60. The number of nitrogens with one attached hydrogen (secondary N) is 2. The normalized spacial score (nSPS) is 14.2. The van der Waals surface area contributed by atoms with Crippen LogP contribution < -0.4 is 20.3 Å². The third-order valence-electron chi connectivity index (χ3n) is 3.84. The molecule has 6 nitrogen and oxygen atoms in total. The molecule has 2 heterocycles. The Kier molecular flexibility index (Phi) is 5.63. The second-order valence-corrected chi connectivity index (χ2v) is 5.60. The SMILES string of the molecule is O=C(CCOc1ccccc1)Nc1ccc(N2CCNCC2)cn1. The number of carbonyl (C=O) groups excluding carboxylic acids is 1. The number of nitrogens with zero attached hydrogens (tertiary/aromatic N) is 2. The van der Waals surface area contributed by atoms with Crippen LogP contribution in [0.1, 0.15) is 6.42 Å². The first-order valence-corrected chi connectivity index (χ1v) is 8.21. The summed E-state index contributed by atoms with van der Waals surface area (Å²) in [6.45, 7) is 4.27. The van der Waals surface area contributed by atoms with Gasteiger partial charge in [-0.1, -0.05) is 18.2 Å². The van der Waals surface area contributed by atoms with E-state index in [0.29, 0.717) is 12.4 Å². The van der Waals surface area contributed by atoms with E-state index in [-0.39, 0.29) is 12.3 Å².